The van der Waals surface area contributed by atoms with Gasteiger partial charge < -0.3 is 4.90 Å². The Bertz CT molecular complexity index is 429. The third-order valence-corrected chi connectivity index (χ3v) is 3.05. The standard InChI is InChI=1S/C14H19N3.4C2H6/c1-4-15-10-13-12(3)6-8-17(13)14-9-11(2)5-7-16-14;4*1-2/h4-8,10-12H,9H2,1-3H3;4*1-2H3/b13-10+,15-4?;;;;. The van der Waals surface area contributed by atoms with Crippen molar-refractivity contribution in [3.05, 3.63) is 36.4 Å². The summed E-state index contributed by atoms with van der Waals surface area (Å²) >= 11 is 0. The first-order chi connectivity index (χ1) is 12.2. The minimum Gasteiger partial charge on any atom is -0.307 e. The number of rotatable bonds is 1. The molecule has 0 radical (unpaired) electrons. The Morgan fingerprint density at radius 1 is 1.00 bits per heavy atom. The van der Waals surface area contributed by atoms with Crippen LogP contribution in [0.1, 0.15) is 82.6 Å². The summed E-state index contributed by atoms with van der Waals surface area (Å²) < 4.78 is 0. The second kappa shape index (κ2) is 20.4. The maximum atomic E-state index is 4.47. The molecule has 0 aromatic rings. The van der Waals surface area contributed by atoms with Gasteiger partial charge >= 0.3 is 0 Å². The highest BCUT2D eigenvalue weighted by atomic mass is 15.2. The monoisotopic (exact) mass is 349 g/mol. The van der Waals surface area contributed by atoms with Crippen LogP contribution < -0.4 is 0 Å². The Morgan fingerprint density at radius 2 is 1.56 bits per heavy atom. The van der Waals surface area contributed by atoms with Crippen LogP contribution in [-0.4, -0.2) is 17.0 Å². The number of amidine groups is 1. The maximum absolute atomic E-state index is 4.47. The van der Waals surface area contributed by atoms with Gasteiger partial charge in [-0.3, -0.25) is 4.99 Å². The molecule has 0 aliphatic carbocycles. The molecule has 25 heavy (non-hydrogen) atoms. The highest BCUT2D eigenvalue weighted by Crippen LogP contribution is 2.28. The number of hydrogen-bond donors (Lipinski definition) is 0. The molecule has 0 saturated heterocycles. The van der Waals surface area contributed by atoms with Crippen molar-refractivity contribution in [2.24, 2.45) is 21.8 Å². The zero-order chi connectivity index (χ0) is 20.3. The van der Waals surface area contributed by atoms with Crippen molar-refractivity contribution in [1.82, 2.24) is 4.90 Å². The fourth-order valence-corrected chi connectivity index (χ4v) is 2.03. The van der Waals surface area contributed by atoms with Gasteiger partial charge in [0.2, 0.25) is 0 Å². The minimum atomic E-state index is 0.405. The lowest BCUT2D eigenvalue weighted by molar-refractivity contribution is 0.602. The zero-order valence-corrected chi connectivity index (χ0v) is 18.7. The largest absolute Gasteiger partial charge is 0.307 e. The van der Waals surface area contributed by atoms with Crippen molar-refractivity contribution in [1.29, 1.82) is 0 Å². The summed E-state index contributed by atoms with van der Waals surface area (Å²) in [7, 11) is 0. The van der Waals surface area contributed by atoms with Crippen LogP contribution in [0.5, 0.6) is 0 Å². The first kappa shape index (κ1) is 28.2. The summed E-state index contributed by atoms with van der Waals surface area (Å²) in [5.74, 6) is 2.07. The van der Waals surface area contributed by atoms with E-state index in [1.165, 1.54) is 5.70 Å². The van der Waals surface area contributed by atoms with Crippen LogP contribution in [0.15, 0.2) is 46.4 Å². The van der Waals surface area contributed by atoms with E-state index in [4.69, 9.17) is 0 Å². The predicted octanol–water partition coefficient (Wildman–Crippen LogP) is 7.44. The Hall–Kier alpha value is -1.64. The molecule has 3 nitrogen and oxygen atoms in total. The van der Waals surface area contributed by atoms with E-state index in [-0.39, 0.29) is 0 Å². The van der Waals surface area contributed by atoms with E-state index >= 15 is 0 Å². The summed E-state index contributed by atoms with van der Waals surface area (Å²) in [6.07, 6.45) is 13.1. The van der Waals surface area contributed by atoms with Crippen LogP contribution in [-0.2, 0) is 0 Å². The summed E-state index contributed by atoms with van der Waals surface area (Å²) in [5.41, 5.74) is 1.20. The topological polar surface area (TPSA) is 28.0 Å². The molecule has 0 fully saturated rings. The fraction of sp³-hybridized carbons (Fsp3) is 0.636. The third kappa shape index (κ3) is 10.8. The Labute approximate surface area is 158 Å². The molecule has 0 spiro atoms. The Morgan fingerprint density at radius 3 is 2.04 bits per heavy atom. The van der Waals surface area contributed by atoms with Crippen molar-refractivity contribution >= 4 is 12.1 Å². The van der Waals surface area contributed by atoms with Crippen LogP contribution in [0.3, 0.4) is 0 Å². The van der Waals surface area contributed by atoms with Gasteiger partial charge in [-0.1, -0.05) is 81.4 Å². The minimum absolute atomic E-state index is 0.405. The van der Waals surface area contributed by atoms with Gasteiger partial charge in [-0.05, 0) is 12.8 Å². The molecule has 0 N–H and O–H groups in total. The van der Waals surface area contributed by atoms with E-state index in [1.54, 1.807) is 6.21 Å². The van der Waals surface area contributed by atoms with Crippen LogP contribution in [0, 0.1) is 11.8 Å². The molecule has 2 unspecified atom stereocenters. The number of allylic oxidation sites excluding steroid dienone is 2. The second-order valence-electron chi connectivity index (χ2n) is 4.53. The quantitative estimate of drug-likeness (QED) is 0.452. The van der Waals surface area contributed by atoms with Crippen LogP contribution in [0.4, 0.5) is 0 Å². The molecule has 2 atom stereocenters. The van der Waals surface area contributed by atoms with Gasteiger partial charge in [0.1, 0.15) is 5.84 Å². The molecule has 3 heteroatoms. The number of aliphatic imine (C=N–C) groups is 2. The Balaban J connectivity index is -0.000000533. The third-order valence-electron chi connectivity index (χ3n) is 3.05. The van der Waals surface area contributed by atoms with Crippen LogP contribution in [0.25, 0.3) is 0 Å². The Kier molecular flexibility index (Phi) is 23.0. The van der Waals surface area contributed by atoms with E-state index in [0.717, 1.165) is 12.3 Å². The zero-order valence-electron chi connectivity index (χ0n) is 18.7. The maximum Gasteiger partial charge on any atom is 0.113 e. The van der Waals surface area contributed by atoms with Gasteiger partial charge in [-0.2, -0.15) is 0 Å². The van der Waals surface area contributed by atoms with Crippen LogP contribution >= 0.6 is 0 Å². The normalized spacial score (nSPS) is 21.8. The molecule has 2 rings (SSSR count). The molecule has 2 aliphatic heterocycles. The van der Waals surface area contributed by atoms with Crippen LogP contribution in [0.2, 0.25) is 0 Å². The molecule has 2 aliphatic rings. The predicted molar refractivity (Wildman–Crippen MR) is 118 cm³/mol. The highest BCUT2D eigenvalue weighted by molar-refractivity contribution is 5.87. The van der Waals surface area contributed by atoms with Crippen molar-refractivity contribution in [2.75, 3.05) is 0 Å². The van der Waals surface area contributed by atoms with Gasteiger partial charge in [0, 0.05) is 42.9 Å². The van der Waals surface area contributed by atoms with Gasteiger partial charge in [-0.25, -0.2) is 4.99 Å². The van der Waals surface area contributed by atoms with Crippen molar-refractivity contribution in [2.45, 2.75) is 82.6 Å². The van der Waals surface area contributed by atoms with Gasteiger partial charge in [-0.15, -0.1) is 0 Å². The molecule has 0 bridgehead atoms. The van der Waals surface area contributed by atoms with E-state index in [2.05, 4.69) is 47.1 Å². The average molecular weight is 350 g/mol. The molecule has 146 valence electrons. The second-order valence-corrected chi connectivity index (χ2v) is 4.53. The summed E-state index contributed by atoms with van der Waals surface area (Å²) in [6, 6.07) is 0. The first-order valence-corrected chi connectivity index (χ1v) is 10.1. The molecule has 0 aromatic carbocycles. The van der Waals surface area contributed by atoms with E-state index in [9.17, 15) is 0 Å². The SMILES string of the molecule is CC.CC.CC.CC.CC=N/C=C1\C(C)C=CN1C1=NC=CC(C)C1. The van der Waals surface area contributed by atoms with Crippen molar-refractivity contribution in [3.8, 4) is 0 Å². The van der Waals surface area contributed by atoms with Gasteiger partial charge in [0.15, 0.2) is 0 Å². The average Bonchev–Trinajstić information content (AvgIpc) is 3.07. The van der Waals surface area contributed by atoms with E-state index < -0.39 is 0 Å². The highest BCUT2D eigenvalue weighted by Gasteiger charge is 2.24. The fourth-order valence-electron chi connectivity index (χ4n) is 2.03. The summed E-state index contributed by atoms with van der Waals surface area (Å²) in [6.45, 7) is 22.3. The van der Waals surface area contributed by atoms with E-state index in [1.807, 2.05) is 74.7 Å². The number of nitrogens with zero attached hydrogens (tertiary/aromatic N) is 3. The lowest BCUT2D eigenvalue weighted by Gasteiger charge is -2.24. The van der Waals surface area contributed by atoms with Gasteiger partial charge in [0.25, 0.3) is 0 Å². The van der Waals surface area contributed by atoms with E-state index in [0.29, 0.717) is 11.8 Å². The summed E-state index contributed by atoms with van der Waals surface area (Å²) in [5, 5.41) is 0. The molecular weight excluding hydrogens is 306 g/mol. The van der Waals surface area contributed by atoms with Crippen molar-refractivity contribution < 1.29 is 0 Å². The lowest BCUT2D eigenvalue weighted by Crippen LogP contribution is -2.26. The molecular formula is C22H43N3. The molecule has 0 amide bonds. The molecule has 0 saturated carbocycles. The van der Waals surface area contributed by atoms with Gasteiger partial charge in [0.05, 0.1) is 0 Å². The first-order valence-electron chi connectivity index (χ1n) is 10.1. The number of hydrogen-bond acceptors (Lipinski definition) is 3. The summed E-state index contributed by atoms with van der Waals surface area (Å²) in [4.78, 5) is 10.9. The smallest absolute Gasteiger partial charge is 0.113 e. The molecule has 2 heterocycles. The lowest BCUT2D eigenvalue weighted by atomic mass is 10.0. The van der Waals surface area contributed by atoms with Crippen molar-refractivity contribution in [3.63, 3.8) is 0 Å². The molecule has 0 aromatic heterocycles.